The molecule has 4 nitrogen and oxygen atoms in total. The van der Waals surface area contributed by atoms with Gasteiger partial charge in [-0.3, -0.25) is 9.88 Å². The van der Waals surface area contributed by atoms with Gasteiger partial charge in [-0.1, -0.05) is 24.3 Å². The maximum Gasteiger partial charge on any atom is 0.125 e. The van der Waals surface area contributed by atoms with Gasteiger partial charge in [0.25, 0.3) is 0 Å². The van der Waals surface area contributed by atoms with E-state index in [-0.39, 0.29) is 6.04 Å². The number of rotatable bonds is 3. The summed E-state index contributed by atoms with van der Waals surface area (Å²) in [5.41, 5.74) is 1.85. The second-order valence-electron chi connectivity index (χ2n) is 5.10. The lowest BCUT2D eigenvalue weighted by Gasteiger charge is -2.36. The molecule has 20 heavy (non-hydrogen) atoms. The van der Waals surface area contributed by atoms with Crippen LogP contribution in [0.25, 0.3) is 0 Å². The third-order valence-electron chi connectivity index (χ3n) is 3.72. The van der Waals surface area contributed by atoms with E-state index in [1.165, 1.54) is 0 Å². The Labute approximate surface area is 118 Å². The van der Waals surface area contributed by atoms with Crippen molar-refractivity contribution < 1.29 is 9.84 Å². The van der Waals surface area contributed by atoms with E-state index in [0.717, 1.165) is 17.0 Å². The number of fused-ring (bicyclic) bond motifs is 1. The van der Waals surface area contributed by atoms with E-state index in [0.29, 0.717) is 13.2 Å². The van der Waals surface area contributed by atoms with Gasteiger partial charge in [-0.2, -0.15) is 0 Å². The third kappa shape index (κ3) is 2.53. The van der Waals surface area contributed by atoms with Crippen LogP contribution in [-0.2, 0) is 6.54 Å². The van der Waals surface area contributed by atoms with Crippen molar-refractivity contribution in [2.75, 3.05) is 13.7 Å². The summed E-state index contributed by atoms with van der Waals surface area (Å²) in [5.74, 6) is 0.780. The van der Waals surface area contributed by atoms with Gasteiger partial charge in [-0.25, -0.2) is 0 Å². The second kappa shape index (κ2) is 5.61. The molecule has 104 valence electrons. The summed E-state index contributed by atoms with van der Waals surface area (Å²) in [7, 11) is 1.99. The average Bonchev–Trinajstić information content (AvgIpc) is 2.49. The fourth-order valence-electron chi connectivity index (χ4n) is 2.56. The van der Waals surface area contributed by atoms with E-state index in [1.807, 2.05) is 49.5 Å². The molecule has 1 aliphatic rings. The van der Waals surface area contributed by atoms with Crippen LogP contribution in [-0.4, -0.2) is 34.7 Å². The Hall–Kier alpha value is -1.91. The number of hydrogen-bond acceptors (Lipinski definition) is 4. The van der Waals surface area contributed by atoms with Gasteiger partial charge < -0.3 is 9.84 Å². The van der Waals surface area contributed by atoms with Crippen molar-refractivity contribution in [1.82, 2.24) is 9.88 Å². The number of benzene rings is 1. The van der Waals surface area contributed by atoms with Gasteiger partial charge in [0, 0.05) is 18.3 Å². The van der Waals surface area contributed by atoms with E-state index >= 15 is 0 Å². The van der Waals surface area contributed by atoms with Crippen molar-refractivity contribution in [1.29, 1.82) is 0 Å². The zero-order valence-corrected chi connectivity index (χ0v) is 11.4. The lowest BCUT2D eigenvalue weighted by atomic mass is 9.98. The highest BCUT2D eigenvalue weighted by molar-refractivity contribution is 5.37. The van der Waals surface area contributed by atoms with E-state index in [1.54, 1.807) is 6.20 Å². The van der Waals surface area contributed by atoms with E-state index in [9.17, 15) is 5.11 Å². The van der Waals surface area contributed by atoms with Gasteiger partial charge in [0.05, 0.1) is 11.7 Å². The van der Waals surface area contributed by atoms with Crippen LogP contribution in [0.2, 0.25) is 0 Å². The normalized spacial score (nSPS) is 21.4. The molecule has 0 aliphatic carbocycles. The Balaban J connectivity index is 1.75. The zero-order valence-electron chi connectivity index (χ0n) is 11.4. The molecule has 0 radical (unpaired) electrons. The number of likely N-dealkylation sites (N-methyl/N-ethyl adjacent to an activating group) is 1. The molecule has 3 rings (SSSR count). The fourth-order valence-corrected chi connectivity index (χ4v) is 2.56. The monoisotopic (exact) mass is 270 g/mol. The Bertz CT molecular complexity index is 574. The van der Waals surface area contributed by atoms with E-state index in [4.69, 9.17) is 4.74 Å². The molecule has 0 fully saturated rings. The molecule has 2 atom stereocenters. The van der Waals surface area contributed by atoms with Crippen molar-refractivity contribution in [3.63, 3.8) is 0 Å². The predicted molar refractivity (Wildman–Crippen MR) is 76.4 cm³/mol. The van der Waals surface area contributed by atoms with Gasteiger partial charge in [0.2, 0.25) is 0 Å². The Morgan fingerprint density at radius 1 is 1.25 bits per heavy atom. The molecular formula is C16H18N2O2. The Morgan fingerprint density at radius 2 is 2.05 bits per heavy atom. The molecule has 1 N–H and O–H groups in total. The van der Waals surface area contributed by atoms with Crippen LogP contribution in [0.5, 0.6) is 5.75 Å². The number of nitrogens with zero attached hydrogens (tertiary/aromatic N) is 2. The highest BCUT2D eigenvalue weighted by atomic mass is 16.5. The molecule has 2 heterocycles. The molecule has 1 aromatic carbocycles. The van der Waals surface area contributed by atoms with Gasteiger partial charge >= 0.3 is 0 Å². The Kier molecular flexibility index (Phi) is 3.67. The summed E-state index contributed by atoms with van der Waals surface area (Å²) in [5, 5.41) is 10.5. The first-order valence-corrected chi connectivity index (χ1v) is 6.75. The minimum absolute atomic E-state index is 0.0630. The number of pyridine rings is 1. The van der Waals surface area contributed by atoms with Crippen LogP contribution in [0.4, 0.5) is 0 Å². The van der Waals surface area contributed by atoms with Crippen LogP contribution in [0.15, 0.2) is 48.7 Å². The topological polar surface area (TPSA) is 45.6 Å². The van der Waals surface area contributed by atoms with Crippen LogP contribution in [0.3, 0.4) is 0 Å². The molecule has 0 amide bonds. The van der Waals surface area contributed by atoms with Crippen LogP contribution < -0.4 is 4.74 Å². The van der Waals surface area contributed by atoms with Crippen molar-refractivity contribution in [3.05, 3.63) is 59.9 Å². The second-order valence-corrected chi connectivity index (χ2v) is 5.10. The highest BCUT2D eigenvalue weighted by Gasteiger charge is 2.31. The van der Waals surface area contributed by atoms with Gasteiger partial charge in [-0.05, 0) is 25.2 Å². The number of aliphatic hydroxyl groups excluding tert-OH is 1. The molecule has 1 aromatic heterocycles. The summed E-state index contributed by atoms with van der Waals surface area (Å²) in [6, 6.07) is 13.5. The number of para-hydroxylation sites is 1. The van der Waals surface area contributed by atoms with Crippen molar-refractivity contribution in [2.24, 2.45) is 0 Å². The minimum atomic E-state index is -0.534. The van der Waals surface area contributed by atoms with Crippen molar-refractivity contribution >= 4 is 0 Å². The van der Waals surface area contributed by atoms with Crippen LogP contribution in [0, 0.1) is 0 Å². The molecule has 0 saturated heterocycles. The first-order chi connectivity index (χ1) is 9.75. The largest absolute Gasteiger partial charge is 0.491 e. The number of ether oxygens (including phenoxy) is 1. The van der Waals surface area contributed by atoms with Gasteiger partial charge in [-0.15, -0.1) is 0 Å². The molecule has 0 bridgehead atoms. The summed E-state index contributed by atoms with van der Waals surface area (Å²) in [6.07, 6.45) is 1.25. The lowest BCUT2D eigenvalue weighted by Crippen LogP contribution is -2.43. The molecule has 0 spiro atoms. The first kappa shape index (κ1) is 13.1. The van der Waals surface area contributed by atoms with E-state index < -0.39 is 6.10 Å². The molecule has 2 unspecified atom stereocenters. The van der Waals surface area contributed by atoms with Gasteiger partial charge in [0.1, 0.15) is 18.5 Å². The molecule has 1 aliphatic heterocycles. The standard InChI is InChI=1S/C16H18N2O2/c1-18(10-12-6-4-5-9-17-12)14-11-20-15-8-3-2-7-13(15)16(14)19/h2-9,14,16,19H,10-11H2,1H3. The zero-order chi connectivity index (χ0) is 13.9. The molecule has 0 saturated carbocycles. The number of aromatic nitrogens is 1. The number of hydrogen-bond donors (Lipinski definition) is 1. The molecular weight excluding hydrogens is 252 g/mol. The van der Waals surface area contributed by atoms with Crippen LogP contribution >= 0.6 is 0 Å². The van der Waals surface area contributed by atoms with Crippen LogP contribution in [0.1, 0.15) is 17.4 Å². The fraction of sp³-hybridized carbons (Fsp3) is 0.312. The summed E-state index contributed by atoms with van der Waals surface area (Å²) >= 11 is 0. The maximum atomic E-state index is 10.5. The third-order valence-corrected chi connectivity index (χ3v) is 3.72. The average molecular weight is 270 g/mol. The number of aliphatic hydroxyl groups is 1. The van der Waals surface area contributed by atoms with Crippen molar-refractivity contribution in [3.8, 4) is 5.75 Å². The predicted octanol–water partition coefficient (Wildman–Crippen LogP) is 2.01. The lowest BCUT2D eigenvalue weighted by molar-refractivity contribution is 0.0114. The summed E-state index contributed by atoms with van der Waals surface area (Å²) in [6.45, 7) is 1.18. The quantitative estimate of drug-likeness (QED) is 0.926. The highest BCUT2D eigenvalue weighted by Crippen LogP contribution is 2.33. The smallest absolute Gasteiger partial charge is 0.125 e. The Morgan fingerprint density at radius 3 is 2.85 bits per heavy atom. The molecule has 2 aromatic rings. The van der Waals surface area contributed by atoms with E-state index in [2.05, 4.69) is 9.88 Å². The summed E-state index contributed by atoms with van der Waals surface area (Å²) in [4.78, 5) is 6.41. The molecule has 4 heteroatoms. The first-order valence-electron chi connectivity index (χ1n) is 6.75. The maximum absolute atomic E-state index is 10.5. The summed E-state index contributed by atoms with van der Waals surface area (Å²) < 4.78 is 5.74. The SMILES string of the molecule is CN(Cc1ccccn1)C1COc2ccccc2C1O. The minimum Gasteiger partial charge on any atom is -0.491 e. The van der Waals surface area contributed by atoms with Crippen molar-refractivity contribution in [2.45, 2.75) is 18.7 Å². The van der Waals surface area contributed by atoms with Gasteiger partial charge in [0.15, 0.2) is 0 Å².